The summed E-state index contributed by atoms with van der Waals surface area (Å²) in [5.74, 6) is -0.318. The van der Waals surface area contributed by atoms with Crippen molar-refractivity contribution in [1.82, 2.24) is 4.90 Å². The molecular formula is C28H35NO5. The SMILES string of the molecule is CCc1ccc([C@@H]2C(=C(O)c3ccc(OCC(C)C)c(C)c3)C(=O)C(=O)N2CCCOC)cc1. The molecule has 1 amide bonds. The Labute approximate surface area is 202 Å². The van der Waals surface area contributed by atoms with Crippen molar-refractivity contribution in [2.45, 2.75) is 46.6 Å². The number of aliphatic hydroxyl groups excluding tert-OH is 1. The summed E-state index contributed by atoms with van der Waals surface area (Å²) in [6.07, 6.45) is 1.48. The molecule has 3 rings (SSSR count). The number of aliphatic hydroxyl groups is 1. The Kier molecular flexibility index (Phi) is 8.51. The summed E-state index contributed by atoms with van der Waals surface area (Å²) in [4.78, 5) is 27.7. The van der Waals surface area contributed by atoms with Crippen molar-refractivity contribution < 1.29 is 24.2 Å². The van der Waals surface area contributed by atoms with Gasteiger partial charge in [0.2, 0.25) is 0 Å². The maximum Gasteiger partial charge on any atom is 0.295 e. The van der Waals surface area contributed by atoms with Crippen molar-refractivity contribution in [3.05, 3.63) is 70.3 Å². The second-order valence-electron chi connectivity index (χ2n) is 9.12. The first kappa shape index (κ1) is 25.5. The number of amides is 1. The van der Waals surface area contributed by atoms with Crippen LogP contribution in [0.4, 0.5) is 0 Å². The molecule has 0 bridgehead atoms. The van der Waals surface area contributed by atoms with E-state index in [1.807, 2.05) is 31.2 Å². The summed E-state index contributed by atoms with van der Waals surface area (Å²) in [5.41, 5.74) is 3.40. The zero-order valence-corrected chi connectivity index (χ0v) is 20.8. The van der Waals surface area contributed by atoms with Crippen molar-refractivity contribution in [3.8, 4) is 5.75 Å². The van der Waals surface area contributed by atoms with Gasteiger partial charge in [0.05, 0.1) is 18.2 Å². The fourth-order valence-corrected chi connectivity index (χ4v) is 4.14. The molecule has 2 aromatic rings. The number of carbonyl (C=O) groups excluding carboxylic acids is 2. The Bertz CT molecular complexity index is 1050. The van der Waals surface area contributed by atoms with E-state index < -0.39 is 17.7 Å². The number of ether oxygens (including phenoxy) is 2. The van der Waals surface area contributed by atoms with E-state index in [0.717, 1.165) is 28.9 Å². The van der Waals surface area contributed by atoms with Gasteiger partial charge in [0, 0.05) is 25.8 Å². The minimum Gasteiger partial charge on any atom is -0.507 e. The lowest BCUT2D eigenvalue weighted by Crippen LogP contribution is -2.31. The number of hydrogen-bond donors (Lipinski definition) is 1. The molecule has 1 aliphatic rings. The first-order valence-corrected chi connectivity index (χ1v) is 11.9. The third-order valence-electron chi connectivity index (χ3n) is 6.01. The maximum atomic E-state index is 13.1. The van der Waals surface area contributed by atoms with Crippen LogP contribution in [0.15, 0.2) is 48.0 Å². The minimum absolute atomic E-state index is 0.113. The molecule has 6 heteroatoms. The van der Waals surface area contributed by atoms with Crippen LogP contribution in [0, 0.1) is 12.8 Å². The number of methoxy groups -OCH3 is 1. The number of benzene rings is 2. The van der Waals surface area contributed by atoms with Gasteiger partial charge < -0.3 is 19.5 Å². The number of aryl methyl sites for hydroxylation is 2. The summed E-state index contributed by atoms with van der Waals surface area (Å²) in [7, 11) is 1.60. The largest absolute Gasteiger partial charge is 0.507 e. The topological polar surface area (TPSA) is 76.1 Å². The van der Waals surface area contributed by atoms with Crippen LogP contribution in [0.2, 0.25) is 0 Å². The molecule has 1 atom stereocenters. The van der Waals surface area contributed by atoms with Crippen LogP contribution in [0.1, 0.15) is 55.5 Å². The van der Waals surface area contributed by atoms with E-state index in [-0.39, 0.29) is 11.3 Å². The van der Waals surface area contributed by atoms with Crippen molar-refractivity contribution >= 4 is 17.4 Å². The van der Waals surface area contributed by atoms with E-state index in [1.165, 1.54) is 0 Å². The van der Waals surface area contributed by atoms with Crippen LogP contribution in [0.5, 0.6) is 5.75 Å². The number of carbonyl (C=O) groups is 2. The predicted octanol–water partition coefficient (Wildman–Crippen LogP) is 5.05. The second-order valence-corrected chi connectivity index (χ2v) is 9.12. The van der Waals surface area contributed by atoms with Gasteiger partial charge in [0.1, 0.15) is 11.5 Å². The van der Waals surface area contributed by atoms with E-state index in [0.29, 0.717) is 37.7 Å². The third kappa shape index (κ3) is 5.50. The number of Topliss-reactive ketones (excluding diaryl/α,β-unsaturated/α-hetero) is 1. The van der Waals surface area contributed by atoms with Crippen LogP contribution < -0.4 is 4.74 Å². The molecule has 34 heavy (non-hydrogen) atoms. The molecule has 0 radical (unpaired) electrons. The summed E-state index contributed by atoms with van der Waals surface area (Å²) in [6.45, 7) is 9.55. The lowest BCUT2D eigenvalue weighted by molar-refractivity contribution is -0.140. The van der Waals surface area contributed by atoms with Crippen LogP contribution >= 0.6 is 0 Å². The monoisotopic (exact) mass is 465 g/mol. The van der Waals surface area contributed by atoms with Gasteiger partial charge in [-0.15, -0.1) is 0 Å². The third-order valence-corrected chi connectivity index (χ3v) is 6.01. The highest BCUT2D eigenvalue weighted by Gasteiger charge is 2.45. The molecular weight excluding hydrogens is 430 g/mol. The highest BCUT2D eigenvalue weighted by molar-refractivity contribution is 6.46. The van der Waals surface area contributed by atoms with Crippen molar-refractivity contribution in [2.24, 2.45) is 5.92 Å². The molecule has 0 aliphatic carbocycles. The van der Waals surface area contributed by atoms with E-state index in [4.69, 9.17) is 9.47 Å². The molecule has 1 fully saturated rings. The van der Waals surface area contributed by atoms with Crippen molar-refractivity contribution in [3.63, 3.8) is 0 Å². The smallest absolute Gasteiger partial charge is 0.295 e. The number of rotatable bonds is 10. The standard InChI is InChI=1S/C28H35NO5/c1-6-20-8-10-21(11-9-20)25-24(27(31)28(32)29(25)14-7-15-33-5)26(30)22-12-13-23(19(4)16-22)34-17-18(2)3/h8-13,16,18,25,30H,6-7,14-15,17H2,1-5H3/t25-/m1/s1. The fraction of sp³-hybridized carbons (Fsp3) is 0.429. The Morgan fingerprint density at radius 1 is 1.12 bits per heavy atom. The van der Waals surface area contributed by atoms with E-state index in [1.54, 1.807) is 30.2 Å². The molecule has 1 saturated heterocycles. The van der Waals surface area contributed by atoms with Crippen LogP contribution in [-0.2, 0) is 20.7 Å². The molecule has 0 saturated carbocycles. The first-order chi connectivity index (χ1) is 16.3. The molecule has 1 N–H and O–H groups in total. The quantitative estimate of drug-likeness (QED) is 0.230. The van der Waals surface area contributed by atoms with Gasteiger partial charge in [0.15, 0.2) is 0 Å². The number of ketones is 1. The summed E-state index contributed by atoms with van der Waals surface area (Å²) < 4.78 is 11.0. The average molecular weight is 466 g/mol. The molecule has 0 aromatic heterocycles. The lowest BCUT2D eigenvalue weighted by atomic mass is 9.94. The molecule has 0 spiro atoms. The van der Waals surface area contributed by atoms with Gasteiger partial charge in [-0.1, -0.05) is 45.0 Å². The number of hydrogen-bond acceptors (Lipinski definition) is 5. The Morgan fingerprint density at radius 3 is 2.41 bits per heavy atom. The van der Waals surface area contributed by atoms with E-state index >= 15 is 0 Å². The highest BCUT2D eigenvalue weighted by Crippen LogP contribution is 2.40. The van der Waals surface area contributed by atoms with Crippen LogP contribution in [-0.4, -0.2) is 48.6 Å². The maximum absolute atomic E-state index is 13.1. The Hall–Kier alpha value is -3.12. The first-order valence-electron chi connectivity index (χ1n) is 11.9. The van der Waals surface area contributed by atoms with Gasteiger partial charge in [-0.25, -0.2) is 0 Å². The van der Waals surface area contributed by atoms with Crippen LogP contribution in [0.25, 0.3) is 5.76 Å². The molecule has 2 aromatic carbocycles. The van der Waals surface area contributed by atoms with Gasteiger partial charge in [-0.2, -0.15) is 0 Å². The summed E-state index contributed by atoms with van der Waals surface area (Å²) in [6, 6.07) is 12.5. The van der Waals surface area contributed by atoms with E-state index in [2.05, 4.69) is 20.8 Å². The lowest BCUT2D eigenvalue weighted by Gasteiger charge is -2.25. The second kappa shape index (κ2) is 11.3. The summed E-state index contributed by atoms with van der Waals surface area (Å²) >= 11 is 0. The molecule has 0 unspecified atom stereocenters. The Balaban J connectivity index is 2.05. The number of nitrogens with zero attached hydrogens (tertiary/aromatic N) is 1. The van der Waals surface area contributed by atoms with Gasteiger partial charge in [-0.05, 0) is 60.6 Å². The number of likely N-dealkylation sites (tertiary alicyclic amines) is 1. The zero-order valence-electron chi connectivity index (χ0n) is 20.8. The van der Waals surface area contributed by atoms with Crippen molar-refractivity contribution in [1.29, 1.82) is 0 Å². The van der Waals surface area contributed by atoms with E-state index in [9.17, 15) is 14.7 Å². The molecule has 182 valence electrons. The highest BCUT2D eigenvalue weighted by atomic mass is 16.5. The molecule has 1 aliphatic heterocycles. The minimum atomic E-state index is -0.669. The van der Waals surface area contributed by atoms with Gasteiger partial charge in [0.25, 0.3) is 11.7 Å². The molecule has 1 heterocycles. The predicted molar refractivity (Wildman–Crippen MR) is 133 cm³/mol. The zero-order chi connectivity index (χ0) is 24.8. The summed E-state index contributed by atoms with van der Waals surface area (Å²) in [5, 5.41) is 11.3. The van der Waals surface area contributed by atoms with Gasteiger partial charge in [-0.3, -0.25) is 9.59 Å². The normalized spacial score (nSPS) is 17.6. The van der Waals surface area contributed by atoms with Crippen LogP contribution in [0.3, 0.4) is 0 Å². The molecule has 6 nitrogen and oxygen atoms in total. The average Bonchev–Trinajstić information content (AvgIpc) is 3.08. The van der Waals surface area contributed by atoms with Crippen molar-refractivity contribution in [2.75, 3.05) is 26.9 Å². The van der Waals surface area contributed by atoms with Gasteiger partial charge >= 0.3 is 0 Å². The fourth-order valence-electron chi connectivity index (χ4n) is 4.14. The Morgan fingerprint density at radius 2 is 1.82 bits per heavy atom.